The molecule has 0 aliphatic heterocycles. The minimum Gasteiger partial charge on any atom is -0.476 e. The molecule has 0 spiro atoms. The number of nitrogens with one attached hydrogen (secondary N) is 1. The van der Waals surface area contributed by atoms with Crippen molar-refractivity contribution >= 4 is 11.8 Å². The van der Waals surface area contributed by atoms with Gasteiger partial charge in [0.25, 0.3) is 0 Å². The first-order valence-electron chi connectivity index (χ1n) is 5.43. The van der Waals surface area contributed by atoms with Gasteiger partial charge in [-0.15, -0.1) is 0 Å². The van der Waals surface area contributed by atoms with Crippen LogP contribution in [0.1, 0.15) is 16.1 Å². The molecular formula is C11H13N5O2. The van der Waals surface area contributed by atoms with E-state index in [1.165, 1.54) is 12.4 Å². The van der Waals surface area contributed by atoms with Gasteiger partial charge in [0.15, 0.2) is 5.69 Å². The van der Waals surface area contributed by atoms with E-state index in [2.05, 4.69) is 20.4 Å². The maximum absolute atomic E-state index is 10.7. The summed E-state index contributed by atoms with van der Waals surface area (Å²) >= 11 is 0. The Hall–Kier alpha value is -2.44. The highest BCUT2D eigenvalue weighted by Gasteiger charge is 2.05. The van der Waals surface area contributed by atoms with E-state index in [0.717, 1.165) is 5.56 Å². The number of aromatic carboxylic acids is 1. The Labute approximate surface area is 104 Å². The molecule has 2 N–H and O–H groups in total. The predicted octanol–water partition coefficient (Wildman–Crippen LogP) is 0.792. The van der Waals surface area contributed by atoms with E-state index >= 15 is 0 Å². The summed E-state index contributed by atoms with van der Waals surface area (Å²) in [6, 6.07) is 0. The lowest BCUT2D eigenvalue weighted by molar-refractivity contribution is 0.0690. The first-order chi connectivity index (χ1) is 8.65. The van der Waals surface area contributed by atoms with Crippen LogP contribution in [0.5, 0.6) is 0 Å². The lowest BCUT2D eigenvalue weighted by Gasteiger charge is -2.05. The van der Waals surface area contributed by atoms with E-state index in [4.69, 9.17) is 5.11 Å². The number of hydrogen-bond donors (Lipinski definition) is 2. The molecule has 0 saturated carbocycles. The number of rotatable bonds is 5. The Balaban J connectivity index is 1.90. The van der Waals surface area contributed by atoms with E-state index in [0.29, 0.717) is 18.9 Å². The Kier molecular flexibility index (Phi) is 3.52. The molecule has 0 bridgehead atoms. The molecule has 2 aromatic rings. The first-order valence-corrected chi connectivity index (χ1v) is 5.43. The van der Waals surface area contributed by atoms with Crippen molar-refractivity contribution < 1.29 is 9.90 Å². The van der Waals surface area contributed by atoms with Gasteiger partial charge >= 0.3 is 5.97 Å². The minimum atomic E-state index is -1.09. The zero-order valence-electron chi connectivity index (χ0n) is 9.87. The molecule has 2 aromatic heterocycles. The standard InChI is InChI=1S/C11H13N5O2/c1-8-4-14-16(7-8)3-2-13-10-6-12-5-9(15-10)11(17)18/h4-7H,2-3H2,1H3,(H,13,15)(H,17,18). The van der Waals surface area contributed by atoms with E-state index in [-0.39, 0.29) is 5.69 Å². The molecule has 7 nitrogen and oxygen atoms in total. The van der Waals surface area contributed by atoms with Gasteiger partial charge in [-0.2, -0.15) is 5.10 Å². The lowest BCUT2D eigenvalue weighted by atomic mass is 10.4. The molecule has 2 heterocycles. The highest BCUT2D eigenvalue weighted by atomic mass is 16.4. The zero-order valence-corrected chi connectivity index (χ0v) is 9.87. The summed E-state index contributed by atoms with van der Waals surface area (Å²) in [5.74, 6) is -0.646. The van der Waals surface area contributed by atoms with Crippen molar-refractivity contribution in [1.82, 2.24) is 19.7 Å². The molecule has 0 amide bonds. The molecule has 7 heteroatoms. The Morgan fingerprint density at radius 1 is 1.44 bits per heavy atom. The average molecular weight is 247 g/mol. The normalized spacial score (nSPS) is 10.3. The van der Waals surface area contributed by atoms with Crippen molar-refractivity contribution in [3.8, 4) is 0 Å². The highest BCUT2D eigenvalue weighted by molar-refractivity contribution is 5.85. The molecule has 18 heavy (non-hydrogen) atoms. The van der Waals surface area contributed by atoms with Crippen molar-refractivity contribution in [2.24, 2.45) is 0 Å². The molecular weight excluding hydrogens is 234 g/mol. The summed E-state index contributed by atoms with van der Waals surface area (Å²) < 4.78 is 1.80. The van der Waals surface area contributed by atoms with Crippen LogP contribution in [0.4, 0.5) is 5.82 Å². The van der Waals surface area contributed by atoms with Crippen molar-refractivity contribution in [2.45, 2.75) is 13.5 Å². The second-order valence-corrected chi connectivity index (χ2v) is 3.80. The first kappa shape index (κ1) is 12.0. The molecule has 0 unspecified atom stereocenters. The summed E-state index contributed by atoms with van der Waals surface area (Å²) in [4.78, 5) is 18.4. The van der Waals surface area contributed by atoms with Gasteiger partial charge in [-0.25, -0.2) is 9.78 Å². The van der Waals surface area contributed by atoms with Gasteiger partial charge in [0.05, 0.1) is 25.1 Å². The predicted molar refractivity (Wildman–Crippen MR) is 64.4 cm³/mol. The van der Waals surface area contributed by atoms with Gasteiger partial charge in [0.1, 0.15) is 5.82 Å². The summed E-state index contributed by atoms with van der Waals surface area (Å²) in [7, 11) is 0. The third-order valence-corrected chi connectivity index (χ3v) is 2.26. The van der Waals surface area contributed by atoms with Crippen molar-refractivity contribution in [3.05, 3.63) is 36.0 Å². The number of hydrogen-bond acceptors (Lipinski definition) is 5. The van der Waals surface area contributed by atoms with Crippen LogP contribution in [0.3, 0.4) is 0 Å². The van der Waals surface area contributed by atoms with Gasteiger partial charge in [-0.1, -0.05) is 0 Å². The molecule has 0 aliphatic rings. The number of carboxylic acid groups (broad SMARTS) is 1. The molecule has 2 rings (SSSR count). The van der Waals surface area contributed by atoms with Gasteiger partial charge in [0.2, 0.25) is 0 Å². The summed E-state index contributed by atoms with van der Waals surface area (Å²) in [5.41, 5.74) is 1.03. The summed E-state index contributed by atoms with van der Waals surface area (Å²) in [6.07, 6.45) is 6.41. The van der Waals surface area contributed by atoms with Crippen LogP contribution in [0.25, 0.3) is 0 Å². The van der Waals surface area contributed by atoms with Crippen LogP contribution in [0.15, 0.2) is 24.8 Å². The molecule has 0 fully saturated rings. The van der Waals surface area contributed by atoms with Crippen LogP contribution < -0.4 is 5.32 Å². The van der Waals surface area contributed by atoms with Gasteiger partial charge in [0, 0.05) is 12.7 Å². The van der Waals surface area contributed by atoms with E-state index in [1.807, 2.05) is 13.1 Å². The van der Waals surface area contributed by atoms with E-state index in [9.17, 15) is 4.79 Å². The SMILES string of the molecule is Cc1cnn(CCNc2cncc(C(=O)O)n2)c1. The fourth-order valence-corrected chi connectivity index (χ4v) is 1.44. The van der Waals surface area contributed by atoms with Crippen molar-refractivity contribution in [1.29, 1.82) is 0 Å². The Morgan fingerprint density at radius 3 is 2.94 bits per heavy atom. The number of aromatic nitrogens is 4. The van der Waals surface area contributed by atoms with Gasteiger partial charge in [-0.05, 0) is 12.5 Å². The molecule has 94 valence electrons. The smallest absolute Gasteiger partial charge is 0.356 e. The monoisotopic (exact) mass is 247 g/mol. The zero-order chi connectivity index (χ0) is 13.0. The fraction of sp³-hybridized carbons (Fsp3) is 0.273. The maximum atomic E-state index is 10.7. The second kappa shape index (κ2) is 5.26. The van der Waals surface area contributed by atoms with Crippen LogP contribution >= 0.6 is 0 Å². The summed E-state index contributed by atoms with van der Waals surface area (Å²) in [5, 5.41) is 15.9. The fourth-order valence-electron chi connectivity index (χ4n) is 1.44. The minimum absolute atomic E-state index is 0.0741. The van der Waals surface area contributed by atoms with Crippen LogP contribution in [0, 0.1) is 6.92 Å². The topological polar surface area (TPSA) is 92.9 Å². The average Bonchev–Trinajstić information content (AvgIpc) is 2.75. The molecule has 0 aromatic carbocycles. The number of carboxylic acids is 1. The Bertz CT molecular complexity index is 552. The third-order valence-electron chi connectivity index (χ3n) is 2.26. The number of anilines is 1. The second-order valence-electron chi connectivity index (χ2n) is 3.80. The van der Waals surface area contributed by atoms with Gasteiger partial charge in [-0.3, -0.25) is 9.67 Å². The van der Waals surface area contributed by atoms with Crippen LogP contribution in [-0.2, 0) is 6.54 Å². The molecule has 0 aliphatic carbocycles. The molecule has 0 saturated heterocycles. The largest absolute Gasteiger partial charge is 0.476 e. The molecule has 0 atom stereocenters. The highest BCUT2D eigenvalue weighted by Crippen LogP contribution is 2.02. The van der Waals surface area contributed by atoms with Crippen molar-refractivity contribution in [2.75, 3.05) is 11.9 Å². The van der Waals surface area contributed by atoms with Gasteiger partial charge < -0.3 is 10.4 Å². The number of carbonyl (C=O) groups is 1. The third kappa shape index (κ3) is 3.03. The quantitative estimate of drug-likeness (QED) is 0.811. The summed E-state index contributed by atoms with van der Waals surface area (Å²) in [6.45, 7) is 3.24. The Morgan fingerprint density at radius 2 is 2.28 bits per heavy atom. The van der Waals surface area contributed by atoms with E-state index < -0.39 is 5.97 Å². The van der Waals surface area contributed by atoms with Crippen LogP contribution in [-0.4, -0.2) is 37.4 Å². The number of aryl methyl sites for hydroxylation is 1. The lowest BCUT2D eigenvalue weighted by Crippen LogP contribution is -2.13. The van der Waals surface area contributed by atoms with E-state index in [1.54, 1.807) is 10.9 Å². The number of nitrogens with zero attached hydrogens (tertiary/aromatic N) is 4. The maximum Gasteiger partial charge on any atom is 0.356 e. The van der Waals surface area contributed by atoms with Crippen molar-refractivity contribution in [3.63, 3.8) is 0 Å². The van der Waals surface area contributed by atoms with Crippen LogP contribution in [0.2, 0.25) is 0 Å². The molecule has 0 radical (unpaired) electrons.